The van der Waals surface area contributed by atoms with Gasteiger partial charge in [0, 0.05) is 25.1 Å². The summed E-state index contributed by atoms with van der Waals surface area (Å²) in [6, 6.07) is 0. The molecule has 0 N–H and O–H groups in total. The third-order valence-electron chi connectivity index (χ3n) is 3.14. The summed E-state index contributed by atoms with van der Waals surface area (Å²) in [6.45, 7) is 0. The molecule has 2 unspecified atom stereocenters. The van der Waals surface area contributed by atoms with E-state index >= 15 is 0 Å². The first kappa shape index (κ1) is 9.24. The van der Waals surface area contributed by atoms with E-state index in [0.717, 1.165) is 0 Å². The fraction of sp³-hybridized carbons (Fsp3) is 0.600. The van der Waals surface area contributed by atoms with Crippen LogP contribution in [0.2, 0.25) is 0 Å². The number of allylic oxidation sites excluding steroid dienone is 1. The average molecular weight is 195 g/mol. The maximum Gasteiger partial charge on any atom is 0.309 e. The Kier molecular flexibility index (Phi) is 2.06. The Morgan fingerprint density at radius 3 is 3.00 bits per heavy atom. The van der Waals surface area contributed by atoms with Gasteiger partial charge in [0.15, 0.2) is 0 Å². The lowest BCUT2D eigenvalue weighted by Gasteiger charge is -2.44. The Morgan fingerprint density at radius 1 is 1.64 bits per heavy atom. The molecule has 4 heteroatoms. The minimum atomic E-state index is -0.201. The van der Waals surface area contributed by atoms with Crippen molar-refractivity contribution in [1.29, 1.82) is 0 Å². The monoisotopic (exact) mass is 195 g/mol. The molecule has 4 nitrogen and oxygen atoms in total. The van der Waals surface area contributed by atoms with Crippen LogP contribution in [0, 0.1) is 17.8 Å². The quantitative estimate of drug-likeness (QED) is 0.569. The number of carbonyl (C=O) groups is 2. The number of hydrogen-bond donors (Lipinski definition) is 0. The van der Waals surface area contributed by atoms with Crippen LogP contribution in [0.5, 0.6) is 0 Å². The van der Waals surface area contributed by atoms with Crippen LogP contribution < -0.4 is 0 Å². The molecule has 2 rings (SSSR count). The highest BCUT2D eigenvalue weighted by Crippen LogP contribution is 2.44. The highest BCUT2D eigenvalue weighted by molar-refractivity contribution is 5.86. The van der Waals surface area contributed by atoms with Crippen LogP contribution in [0.15, 0.2) is 12.3 Å². The van der Waals surface area contributed by atoms with Crippen LogP contribution >= 0.6 is 0 Å². The fourth-order valence-electron chi connectivity index (χ4n) is 2.17. The number of ether oxygens (including phenoxy) is 1. The number of methoxy groups -OCH3 is 1. The third-order valence-corrected chi connectivity index (χ3v) is 3.14. The van der Waals surface area contributed by atoms with Crippen molar-refractivity contribution in [3.05, 3.63) is 12.3 Å². The van der Waals surface area contributed by atoms with Gasteiger partial charge in [-0.2, -0.15) is 0 Å². The Morgan fingerprint density at radius 2 is 2.36 bits per heavy atom. The van der Waals surface area contributed by atoms with Crippen molar-refractivity contribution in [3.8, 4) is 0 Å². The second-order valence-electron chi connectivity index (χ2n) is 3.84. The molecule has 1 heterocycles. The van der Waals surface area contributed by atoms with Crippen LogP contribution in [0.1, 0.15) is 6.42 Å². The van der Waals surface area contributed by atoms with Crippen molar-refractivity contribution >= 4 is 11.9 Å². The second kappa shape index (κ2) is 3.12. The summed E-state index contributed by atoms with van der Waals surface area (Å²) in [5.41, 5.74) is 0. The van der Waals surface area contributed by atoms with Gasteiger partial charge >= 0.3 is 5.97 Å². The molecule has 0 aromatic heterocycles. The largest absolute Gasteiger partial charge is 0.469 e. The van der Waals surface area contributed by atoms with E-state index in [1.54, 1.807) is 18.1 Å². The number of carbonyl (C=O) groups excluding carboxylic acids is 2. The molecule has 0 bridgehead atoms. The van der Waals surface area contributed by atoms with Crippen LogP contribution in [-0.2, 0) is 14.3 Å². The Labute approximate surface area is 82.5 Å². The fourth-order valence-corrected chi connectivity index (χ4v) is 2.17. The smallest absolute Gasteiger partial charge is 0.309 e. The van der Waals surface area contributed by atoms with E-state index in [-0.39, 0.29) is 29.6 Å². The first-order valence-corrected chi connectivity index (χ1v) is 4.68. The van der Waals surface area contributed by atoms with E-state index in [1.165, 1.54) is 7.11 Å². The molecule has 14 heavy (non-hydrogen) atoms. The molecule has 0 saturated heterocycles. The summed E-state index contributed by atoms with van der Waals surface area (Å²) in [6.07, 6.45) is 4.29. The zero-order valence-electron chi connectivity index (χ0n) is 8.27. The number of rotatable bonds is 1. The molecule has 76 valence electrons. The van der Waals surface area contributed by atoms with Gasteiger partial charge in [-0.25, -0.2) is 0 Å². The van der Waals surface area contributed by atoms with E-state index in [9.17, 15) is 9.59 Å². The van der Waals surface area contributed by atoms with Crippen molar-refractivity contribution in [2.75, 3.05) is 14.2 Å². The molecule has 0 aromatic rings. The Balaban J connectivity index is 2.11. The van der Waals surface area contributed by atoms with Crippen LogP contribution in [0.25, 0.3) is 0 Å². The molecule has 1 aliphatic heterocycles. The average Bonchev–Trinajstić information content (AvgIpc) is 2.13. The first-order chi connectivity index (χ1) is 6.65. The van der Waals surface area contributed by atoms with Gasteiger partial charge in [-0.3, -0.25) is 9.59 Å². The first-order valence-electron chi connectivity index (χ1n) is 4.68. The second-order valence-corrected chi connectivity index (χ2v) is 3.84. The number of esters is 1. The normalized spacial score (nSPS) is 34.9. The zero-order chi connectivity index (χ0) is 10.3. The molecule has 1 fully saturated rings. The summed E-state index contributed by atoms with van der Waals surface area (Å²) in [5, 5.41) is 0. The molecule has 1 amide bonds. The highest BCUT2D eigenvalue weighted by Gasteiger charge is 2.50. The number of nitrogens with zero attached hydrogens (tertiary/aromatic N) is 1. The van der Waals surface area contributed by atoms with Crippen molar-refractivity contribution in [2.24, 2.45) is 17.8 Å². The lowest BCUT2D eigenvalue weighted by atomic mass is 9.63. The standard InChI is InChI=1S/C10H13NO3/c1-11-4-3-6-7(9(11)12)5-8(6)10(13)14-2/h3-4,6-8H,5H2,1-2H3/t6?,7?,8-/m0/s1. The highest BCUT2D eigenvalue weighted by atomic mass is 16.5. The van der Waals surface area contributed by atoms with Crippen molar-refractivity contribution in [1.82, 2.24) is 4.90 Å². The maximum atomic E-state index is 11.6. The van der Waals surface area contributed by atoms with Gasteiger partial charge in [0.25, 0.3) is 0 Å². The lowest BCUT2D eigenvalue weighted by molar-refractivity contribution is -0.158. The third kappa shape index (κ3) is 1.14. The lowest BCUT2D eigenvalue weighted by Crippen LogP contribution is -2.50. The molecule has 0 radical (unpaired) electrons. The summed E-state index contributed by atoms with van der Waals surface area (Å²) in [5.74, 6) is -0.148. The Hall–Kier alpha value is -1.32. The predicted octanol–water partition coefficient (Wildman–Crippen LogP) is 0.397. The summed E-state index contributed by atoms with van der Waals surface area (Å²) in [7, 11) is 3.12. The van der Waals surface area contributed by atoms with E-state index in [1.807, 2.05) is 6.08 Å². The maximum absolute atomic E-state index is 11.6. The van der Waals surface area contributed by atoms with Gasteiger partial charge in [-0.05, 0) is 6.42 Å². The molecular weight excluding hydrogens is 182 g/mol. The van der Waals surface area contributed by atoms with Gasteiger partial charge < -0.3 is 9.64 Å². The van der Waals surface area contributed by atoms with E-state index in [0.29, 0.717) is 6.42 Å². The molecule has 1 aliphatic carbocycles. The van der Waals surface area contributed by atoms with E-state index < -0.39 is 0 Å². The van der Waals surface area contributed by atoms with Crippen LogP contribution in [0.3, 0.4) is 0 Å². The van der Waals surface area contributed by atoms with Gasteiger partial charge in [0.05, 0.1) is 13.0 Å². The van der Waals surface area contributed by atoms with Gasteiger partial charge in [0.2, 0.25) is 5.91 Å². The summed E-state index contributed by atoms with van der Waals surface area (Å²) in [4.78, 5) is 24.4. The molecule has 0 spiro atoms. The van der Waals surface area contributed by atoms with Crippen LogP contribution in [0.4, 0.5) is 0 Å². The Bertz CT molecular complexity index is 310. The van der Waals surface area contributed by atoms with Crippen molar-refractivity contribution in [2.45, 2.75) is 6.42 Å². The van der Waals surface area contributed by atoms with Crippen LogP contribution in [-0.4, -0.2) is 30.9 Å². The summed E-state index contributed by atoms with van der Waals surface area (Å²) < 4.78 is 4.67. The SMILES string of the molecule is COC(=O)[C@H]1CC2C(=O)N(C)C=CC21. The van der Waals surface area contributed by atoms with Crippen molar-refractivity contribution < 1.29 is 14.3 Å². The molecule has 0 aromatic carbocycles. The van der Waals surface area contributed by atoms with Gasteiger partial charge in [-0.1, -0.05) is 6.08 Å². The molecule has 2 aliphatic rings. The molecular formula is C10H13NO3. The minimum absolute atomic E-state index is 0.00546. The molecule has 1 saturated carbocycles. The van der Waals surface area contributed by atoms with E-state index in [4.69, 9.17) is 0 Å². The van der Waals surface area contributed by atoms with Gasteiger partial charge in [0.1, 0.15) is 0 Å². The predicted molar refractivity (Wildman–Crippen MR) is 49.0 cm³/mol. The topological polar surface area (TPSA) is 46.6 Å². The van der Waals surface area contributed by atoms with E-state index in [2.05, 4.69) is 4.74 Å². The number of amides is 1. The van der Waals surface area contributed by atoms with Gasteiger partial charge in [-0.15, -0.1) is 0 Å². The zero-order valence-corrected chi connectivity index (χ0v) is 8.27. The van der Waals surface area contributed by atoms with Crippen molar-refractivity contribution in [3.63, 3.8) is 0 Å². The minimum Gasteiger partial charge on any atom is -0.469 e. The molecule has 3 atom stereocenters. The number of fused-ring (bicyclic) bond motifs is 1. The summed E-state index contributed by atoms with van der Waals surface area (Å²) >= 11 is 0. The number of hydrogen-bond acceptors (Lipinski definition) is 3.